The zero-order valence-electron chi connectivity index (χ0n) is 11.4. The summed E-state index contributed by atoms with van der Waals surface area (Å²) >= 11 is 1.73. The van der Waals surface area contributed by atoms with Crippen molar-refractivity contribution in [3.8, 4) is 0 Å². The molecule has 18 heavy (non-hydrogen) atoms. The molecule has 1 atom stereocenters. The van der Waals surface area contributed by atoms with E-state index in [2.05, 4.69) is 46.8 Å². The molecule has 0 spiro atoms. The van der Waals surface area contributed by atoms with Gasteiger partial charge in [-0.1, -0.05) is 6.92 Å². The third-order valence-corrected chi connectivity index (χ3v) is 3.81. The highest BCUT2D eigenvalue weighted by Gasteiger charge is 2.12. The van der Waals surface area contributed by atoms with Crippen molar-refractivity contribution in [2.45, 2.75) is 46.7 Å². The Kier molecular flexibility index (Phi) is 4.01. The van der Waals surface area contributed by atoms with Crippen molar-refractivity contribution in [3.63, 3.8) is 0 Å². The second kappa shape index (κ2) is 5.52. The van der Waals surface area contributed by atoms with Crippen molar-refractivity contribution in [2.24, 2.45) is 0 Å². The molecule has 2 aromatic heterocycles. The molecule has 0 aliphatic rings. The third-order valence-electron chi connectivity index (χ3n) is 2.72. The number of rotatable bonds is 5. The number of hydrogen-bond acceptors (Lipinski definition) is 4. The van der Waals surface area contributed by atoms with Gasteiger partial charge in [0.1, 0.15) is 5.01 Å². The van der Waals surface area contributed by atoms with Crippen LogP contribution in [0.3, 0.4) is 0 Å². The predicted octanol–water partition coefficient (Wildman–Crippen LogP) is 3.54. The first-order valence-electron chi connectivity index (χ1n) is 6.32. The minimum Gasteiger partial charge on any atom is -0.347 e. The van der Waals surface area contributed by atoms with Gasteiger partial charge in [0.05, 0.1) is 11.7 Å². The van der Waals surface area contributed by atoms with Gasteiger partial charge in [-0.05, 0) is 27.2 Å². The van der Waals surface area contributed by atoms with Crippen molar-refractivity contribution in [3.05, 3.63) is 28.0 Å². The Morgan fingerprint density at radius 2 is 2.22 bits per heavy atom. The van der Waals surface area contributed by atoms with Crippen LogP contribution in [-0.4, -0.2) is 14.5 Å². The number of anilines is 1. The smallest absolute Gasteiger partial charge is 0.203 e. The van der Waals surface area contributed by atoms with Crippen LogP contribution in [0.5, 0.6) is 0 Å². The largest absolute Gasteiger partial charge is 0.347 e. The van der Waals surface area contributed by atoms with Crippen LogP contribution >= 0.6 is 11.3 Å². The van der Waals surface area contributed by atoms with Gasteiger partial charge in [-0.15, -0.1) is 11.3 Å². The van der Waals surface area contributed by atoms with Crippen molar-refractivity contribution < 1.29 is 0 Å². The summed E-state index contributed by atoms with van der Waals surface area (Å²) < 4.78 is 2.17. The summed E-state index contributed by atoms with van der Waals surface area (Å²) in [5.41, 5.74) is 1.05. The molecule has 2 aromatic rings. The maximum absolute atomic E-state index is 4.53. The Balaban J connectivity index is 2.13. The zero-order valence-corrected chi connectivity index (χ0v) is 12.2. The Labute approximate surface area is 112 Å². The van der Waals surface area contributed by atoms with Gasteiger partial charge in [-0.2, -0.15) is 0 Å². The minimum atomic E-state index is 0.195. The molecule has 0 aromatic carbocycles. The number of aryl methyl sites for hydroxylation is 3. The van der Waals surface area contributed by atoms with Gasteiger partial charge < -0.3 is 9.88 Å². The maximum atomic E-state index is 4.53. The predicted molar refractivity (Wildman–Crippen MR) is 76.1 cm³/mol. The first-order chi connectivity index (χ1) is 8.60. The van der Waals surface area contributed by atoms with E-state index in [9.17, 15) is 0 Å². The molecule has 0 saturated carbocycles. The van der Waals surface area contributed by atoms with Crippen LogP contribution in [-0.2, 0) is 6.54 Å². The highest BCUT2D eigenvalue weighted by atomic mass is 32.1. The highest BCUT2D eigenvalue weighted by Crippen LogP contribution is 2.23. The Hall–Kier alpha value is -1.36. The molecule has 2 heterocycles. The van der Waals surface area contributed by atoms with Crippen molar-refractivity contribution in [1.29, 1.82) is 0 Å². The van der Waals surface area contributed by atoms with Gasteiger partial charge in [0.15, 0.2) is 0 Å². The summed E-state index contributed by atoms with van der Waals surface area (Å²) in [6, 6.07) is 0.195. The van der Waals surface area contributed by atoms with Crippen molar-refractivity contribution in [1.82, 2.24) is 14.5 Å². The normalized spacial score (nSPS) is 12.7. The second-order valence-electron chi connectivity index (χ2n) is 4.57. The lowest BCUT2D eigenvalue weighted by atomic mass is 10.3. The zero-order chi connectivity index (χ0) is 13.1. The Morgan fingerprint density at radius 3 is 2.83 bits per heavy atom. The van der Waals surface area contributed by atoms with E-state index in [-0.39, 0.29) is 6.04 Å². The van der Waals surface area contributed by atoms with Gasteiger partial charge in [0.25, 0.3) is 0 Å². The monoisotopic (exact) mass is 264 g/mol. The lowest BCUT2D eigenvalue weighted by Crippen LogP contribution is -2.11. The van der Waals surface area contributed by atoms with E-state index in [0.29, 0.717) is 0 Å². The Morgan fingerprint density at radius 1 is 1.44 bits per heavy atom. The van der Waals surface area contributed by atoms with E-state index in [1.54, 1.807) is 11.3 Å². The summed E-state index contributed by atoms with van der Waals surface area (Å²) in [6.45, 7) is 9.39. The molecule has 2 rings (SSSR count). The molecule has 0 aliphatic heterocycles. The van der Waals surface area contributed by atoms with Gasteiger partial charge in [0.2, 0.25) is 5.95 Å². The van der Waals surface area contributed by atoms with Crippen LogP contribution in [0.15, 0.2) is 12.4 Å². The highest BCUT2D eigenvalue weighted by molar-refractivity contribution is 7.11. The fourth-order valence-corrected chi connectivity index (χ4v) is 2.68. The lowest BCUT2D eigenvalue weighted by Gasteiger charge is -2.13. The van der Waals surface area contributed by atoms with Gasteiger partial charge in [-0.3, -0.25) is 0 Å². The van der Waals surface area contributed by atoms with Crippen LogP contribution in [0.1, 0.15) is 41.9 Å². The SMILES string of the molecule is CCCn1cc(C)nc1NC(C)c1ncc(C)s1. The maximum Gasteiger partial charge on any atom is 0.203 e. The number of thiazole rings is 1. The summed E-state index contributed by atoms with van der Waals surface area (Å²) in [5, 5.41) is 4.55. The van der Waals surface area contributed by atoms with E-state index in [0.717, 1.165) is 29.6 Å². The van der Waals surface area contributed by atoms with E-state index in [1.165, 1.54) is 4.88 Å². The fourth-order valence-electron chi connectivity index (χ4n) is 1.90. The van der Waals surface area contributed by atoms with Gasteiger partial charge in [-0.25, -0.2) is 9.97 Å². The number of nitrogens with one attached hydrogen (secondary N) is 1. The standard InChI is InChI=1S/C13H20N4S/c1-5-6-17-8-9(2)15-13(17)16-11(4)12-14-7-10(3)18-12/h7-8,11H,5-6H2,1-4H3,(H,15,16). The van der Waals surface area contributed by atoms with Crippen molar-refractivity contribution >= 4 is 17.3 Å². The fraction of sp³-hybridized carbons (Fsp3) is 0.538. The molecule has 1 N–H and O–H groups in total. The number of aromatic nitrogens is 3. The van der Waals surface area contributed by atoms with Crippen molar-refractivity contribution in [2.75, 3.05) is 5.32 Å². The summed E-state index contributed by atoms with van der Waals surface area (Å²) in [5.74, 6) is 0.940. The first-order valence-corrected chi connectivity index (χ1v) is 7.14. The topological polar surface area (TPSA) is 42.7 Å². The molecule has 0 amide bonds. The lowest BCUT2D eigenvalue weighted by molar-refractivity contribution is 0.674. The van der Waals surface area contributed by atoms with Crippen LogP contribution in [0.4, 0.5) is 5.95 Å². The van der Waals surface area contributed by atoms with Crippen LogP contribution < -0.4 is 5.32 Å². The first kappa shape index (κ1) is 13.1. The quantitative estimate of drug-likeness (QED) is 0.898. The molecule has 0 saturated heterocycles. The minimum absolute atomic E-state index is 0.195. The van der Waals surface area contributed by atoms with Gasteiger partial charge in [0, 0.05) is 23.8 Å². The van der Waals surface area contributed by atoms with E-state index in [1.807, 2.05) is 13.1 Å². The number of imidazole rings is 1. The van der Waals surface area contributed by atoms with Gasteiger partial charge >= 0.3 is 0 Å². The second-order valence-corrected chi connectivity index (χ2v) is 5.84. The number of hydrogen-bond donors (Lipinski definition) is 1. The number of nitrogens with zero attached hydrogens (tertiary/aromatic N) is 3. The van der Waals surface area contributed by atoms with Crippen LogP contribution in [0.2, 0.25) is 0 Å². The average molecular weight is 264 g/mol. The molecule has 0 bridgehead atoms. The summed E-state index contributed by atoms with van der Waals surface area (Å²) in [4.78, 5) is 10.2. The molecule has 0 fully saturated rings. The molecule has 98 valence electrons. The summed E-state index contributed by atoms with van der Waals surface area (Å²) in [6.07, 6.45) is 5.11. The van der Waals surface area contributed by atoms with E-state index >= 15 is 0 Å². The van der Waals surface area contributed by atoms with Crippen LogP contribution in [0, 0.1) is 13.8 Å². The molecular formula is C13H20N4S. The molecule has 0 radical (unpaired) electrons. The van der Waals surface area contributed by atoms with E-state index < -0.39 is 0 Å². The molecule has 5 heteroatoms. The Bertz CT molecular complexity index is 515. The average Bonchev–Trinajstić information content (AvgIpc) is 2.87. The van der Waals surface area contributed by atoms with E-state index in [4.69, 9.17) is 0 Å². The van der Waals surface area contributed by atoms with Crippen LogP contribution in [0.25, 0.3) is 0 Å². The summed E-state index contributed by atoms with van der Waals surface area (Å²) in [7, 11) is 0. The molecule has 0 aliphatic carbocycles. The molecule has 1 unspecified atom stereocenters. The third kappa shape index (κ3) is 2.90. The molecule has 4 nitrogen and oxygen atoms in total. The molecular weight excluding hydrogens is 244 g/mol.